The van der Waals surface area contributed by atoms with Gasteiger partial charge in [-0.25, -0.2) is 0 Å². The molecule has 2 aromatic carbocycles. The van der Waals surface area contributed by atoms with Gasteiger partial charge in [-0.2, -0.15) is 0 Å². The molecule has 0 bridgehead atoms. The molecule has 0 aliphatic rings. The van der Waals surface area contributed by atoms with Crippen LogP contribution in [-0.2, 0) is 14.3 Å². The average molecular weight is 385 g/mol. The number of ether oxygens (including phenoxy) is 2. The zero-order chi connectivity index (χ0) is 20.2. The molecular weight excluding hydrogens is 358 g/mol. The van der Waals surface area contributed by atoms with Crippen molar-refractivity contribution in [1.29, 1.82) is 0 Å². The third-order valence-corrected chi connectivity index (χ3v) is 3.76. The summed E-state index contributed by atoms with van der Waals surface area (Å²) in [5.74, 6) is 0.495. The molecule has 0 radical (unpaired) electrons. The summed E-state index contributed by atoms with van der Waals surface area (Å²) in [5, 5.41) is 8.65. The summed E-state index contributed by atoms with van der Waals surface area (Å²) in [6.07, 6.45) is 0.413. The second-order valence-electron chi connectivity index (χ2n) is 5.95. The number of carbonyl (C=O) groups is 2. The van der Waals surface area contributed by atoms with E-state index in [2.05, 4.69) is 16.0 Å². The molecule has 2 rings (SSSR count). The molecule has 7 heteroatoms. The van der Waals surface area contributed by atoms with E-state index in [4.69, 9.17) is 9.47 Å². The van der Waals surface area contributed by atoms with E-state index < -0.39 is 0 Å². The fraction of sp³-hybridized carbons (Fsp3) is 0.333. The minimum atomic E-state index is -0.173. The van der Waals surface area contributed by atoms with Gasteiger partial charge >= 0.3 is 0 Å². The fourth-order valence-corrected chi connectivity index (χ4v) is 2.34. The Hall–Kier alpha value is -3.06. The van der Waals surface area contributed by atoms with E-state index in [-0.39, 0.29) is 18.4 Å². The quantitative estimate of drug-likeness (QED) is 0.515. The van der Waals surface area contributed by atoms with E-state index in [1.807, 2.05) is 19.1 Å². The summed E-state index contributed by atoms with van der Waals surface area (Å²) < 4.78 is 10.8. The van der Waals surface area contributed by atoms with Crippen LogP contribution in [0.25, 0.3) is 0 Å². The molecule has 0 fully saturated rings. The molecule has 0 aromatic heterocycles. The zero-order valence-electron chi connectivity index (χ0n) is 16.3. The SMILES string of the molecule is CCOCCOc1ccc(NC(=O)CNc2cccc(NC(=O)CC)c2)cc1. The number of nitrogens with one attached hydrogen (secondary N) is 3. The third-order valence-electron chi connectivity index (χ3n) is 3.76. The van der Waals surface area contributed by atoms with Gasteiger partial charge in [0.25, 0.3) is 0 Å². The van der Waals surface area contributed by atoms with E-state index in [1.54, 1.807) is 43.3 Å². The lowest BCUT2D eigenvalue weighted by molar-refractivity contribution is -0.116. The predicted molar refractivity (Wildman–Crippen MR) is 111 cm³/mol. The number of amides is 2. The molecule has 2 amide bonds. The Morgan fingerprint density at radius 3 is 2.29 bits per heavy atom. The van der Waals surface area contributed by atoms with Crippen molar-refractivity contribution in [2.45, 2.75) is 20.3 Å². The highest BCUT2D eigenvalue weighted by molar-refractivity contribution is 5.94. The van der Waals surface area contributed by atoms with E-state index >= 15 is 0 Å². The van der Waals surface area contributed by atoms with Crippen LogP contribution in [0.4, 0.5) is 17.1 Å². The Balaban J connectivity index is 1.78. The van der Waals surface area contributed by atoms with Crippen molar-refractivity contribution in [2.24, 2.45) is 0 Å². The van der Waals surface area contributed by atoms with Crippen molar-refractivity contribution < 1.29 is 19.1 Å². The maximum absolute atomic E-state index is 12.1. The standard InChI is InChI=1S/C21H27N3O4/c1-3-20(25)24-18-7-5-6-17(14-18)22-15-21(26)23-16-8-10-19(11-9-16)28-13-12-27-4-2/h5-11,14,22H,3-4,12-13,15H2,1-2H3,(H,23,26)(H,24,25). The second-order valence-corrected chi connectivity index (χ2v) is 5.95. The maximum Gasteiger partial charge on any atom is 0.243 e. The summed E-state index contributed by atoms with van der Waals surface area (Å²) in [7, 11) is 0. The largest absolute Gasteiger partial charge is 0.491 e. The van der Waals surface area contributed by atoms with Crippen LogP contribution < -0.4 is 20.7 Å². The Morgan fingerprint density at radius 1 is 0.857 bits per heavy atom. The second kappa shape index (κ2) is 11.6. The van der Waals surface area contributed by atoms with Crippen molar-refractivity contribution in [3.05, 3.63) is 48.5 Å². The van der Waals surface area contributed by atoms with Gasteiger partial charge in [-0.1, -0.05) is 13.0 Å². The van der Waals surface area contributed by atoms with E-state index in [0.717, 1.165) is 11.4 Å². The van der Waals surface area contributed by atoms with Crippen LogP contribution in [0.2, 0.25) is 0 Å². The minimum Gasteiger partial charge on any atom is -0.491 e. The molecule has 3 N–H and O–H groups in total. The first-order chi connectivity index (χ1) is 13.6. The van der Waals surface area contributed by atoms with Crippen LogP contribution >= 0.6 is 0 Å². The molecule has 28 heavy (non-hydrogen) atoms. The summed E-state index contributed by atoms with van der Waals surface area (Å²) in [4.78, 5) is 23.6. The Morgan fingerprint density at radius 2 is 1.57 bits per heavy atom. The van der Waals surface area contributed by atoms with Crippen molar-refractivity contribution in [3.63, 3.8) is 0 Å². The van der Waals surface area contributed by atoms with Gasteiger partial charge in [-0.15, -0.1) is 0 Å². The summed E-state index contributed by atoms with van der Waals surface area (Å²) >= 11 is 0. The van der Waals surface area contributed by atoms with Gasteiger partial charge in [0.15, 0.2) is 0 Å². The first kappa shape index (κ1) is 21.2. The summed E-state index contributed by atoms with van der Waals surface area (Å²) in [5.41, 5.74) is 2.13. The summed E-state index contributed by atoms with van der Waals surface area (Å²) in [6, 6.07) is 14.4. The van der Waals surface area contributed by atoms with Crippen LogP contribution in [0.5, 0.6) is 5.75 Å². The number of carbonyl (C=O) groups excluding carboxylic acids is 2. The van der Waals surface area contributed by atoms with Gasteiger partial charge in [0.2, 0.25) is 11.8 Å². The molecule has 150 valence electrons. The molecular formula is C21H27N3O4. The summed E-state index contributed by atoms with van der Waals surface area (Å²) in [6.45, 7) is 5.54. The molecule has 0 saturated carbocycles. The monoisotopic (exact) mass is 385 g/mol. The molecule has 2 aromatic rings. The highest BCUT2D eigenvalue weighted by Gasteiger charge is 2.04. The molecule has 0 saturated heterocycles. The maximum atomic E-state index is 12.1. The van der Waals surface area contributed by atoms with Crippen LogP contribution in [0, 0.1) is 0 Å². The molecule has 7 nitrogen and oxygen atoms in total. The topological polar surface area (TPSA) is 88.7 Å². The van der Waals surface area contributed by atoms with Crippen molar-refractivity contribution in [3.8, 4) is 5.75 Å². The average Bonchev–Trinajstić information content (AvgIpc) is 2.71. The lowest BCUT2D eigenvalue weighted by Crippen LogP contribution is -2.21. The van der Waals surface area contributed by atoms with Gasteiger partial charge < -0.3 is 25.4 Å². The van der Waals surface area contributed by atoms with Crippen LogP contribution in [0.1, 0.15) is 20.3 Å². The Bertz CT molecular complexity index is 763. The number of hydrogen-bond donors (Lipinski definition) is 3. The predicted octanol–water partition coefficient (Wildman–Crippen LogP) is 3.50. The number of hydrogen-bond acceptors (Lipinski definition) is 5. The third kappa shape index (κ3) is 7.67. The number of benzene rings is 2. The first-order valence-corrected chi connectivity index (χ1v) is 9.35. The van der Waals surface area contributed by atoms with Gasteiger partial charge in [0, 0.05) is 30.1 Å². The van der Waals surface area contributed by atoms with Gasteiger partial charge in [-0.3, -0.25) is 9.59 Å². The van der Waals surface area contributed by atoms with Crippen LogP contribution in [-0.4, -0.2) is 38.2 Å². The van der Waals surface area contributed by atoms with Crippen molar-refractivity contribution in [1.82, 2.24) is 0 Å². The number of rotatable bonds is 11. The van der Waals surface area contributed by atoms with E-state index in [0.29, 0.717) is 37.6 Å². The minimum absolute atomic E-state index is 0.0554. The fourth-order valence-electron chi connectivity index (χ4n) is 2.34. The highest BCUT2D eigenvalue weighted by atomic mass is 16.5. The molecule has 0 spiro atoms. The van der Waals surface area contributed by atoms with Crippen LogP contribution in [0.15, 0.2) is 48.5 Å². The first-order valence-electron chi connectivity index (χ1n) is 9.35. The van der Waals surface area contributed by atoms with Crippen molar-refractivity contribution in [2.75, 3.05) is 42.3 Å². The zero-order valence-corrected chi connectivity index (χ0v) is 16.3. The Kier molecular flexibility index (Phi) is 8.81. The van der Waals surface area contributed by atoms with Crippen LogP contribution in [0.3, 0.4) is 0 Å². The lowest BCUT2D eigenvalue weighted by atomic mass is 10.2. The van der Waals surface area contributed by atoms with Gasteiger partial charge in [-0.05, 0) is 49.4 Å². The number of anilines is 3. The lowest BCUT2D eigenvalue weighted by Gasteiger charge is -2.10. The Labute approximate surface area is 165 Å². The molecule has 0 aliphatic heterocycles. The van der Waals surface area contributed by atoms with Crippen molar-refractivity contribution >= 4 is 28.9 Å². The normalized spacial score (nSPS) is 10.2. The van der Waals surface area contributed by atoms with E-state index in [1.165, 1.54) is 0 Å². The molecule has 0 unspecified atom stereocenters. The highest BCUT2D eigenvalue weighted by Crippen LogP contribution is 2.17. The molecule has 0 atom stereocenters. The molecule has 0 aliphatic carbocycles. The van der Waals surface area contributed by atoms with E-state index in [9.17, 15) is 9.59 Å². The molecule has 0 heterocycles. The van der Waals surface area contributed by atoms with Gasteiger partial charge in [0.05, 0.1) is 13.2 Å². The smallest absolute Gasteiger partial charge is 0.243 e. The van der Waals surface area contributed by atoms with Gasteiger partial charge in [0.1, 0.15) is 12.4 Å².